The van der Waals surface area contributed by atoms with Crippen LogP contribution < -0.4 is 10.6 Å². The highest BCUT2D eigenvalue weighted by molar-refractivity contribution is 7.11. The normalized spacial score (nSPS) is 14.3. The highest BCUT2D eigenvalue weighted by Gasteiger charge is 2.14. The number of hydrogen-bond donors (Lipinski definition) is 2. The molecule has 0 spiro atoms. The van der Waals surface area contributed by atoms with Crippen LogP contribution in [0.1, 0.15) is 48.2 Å². The molecule has 1 aromatic rings. The molecule has 2 rings (SSSR count). The Hall–Kier alpha value is -1.18. The number of ether oxygens (including phenoxy) is 2. The van der Waals surface area contributed by atoms with Gasteiger partial charge in [-0.25, -0.2) is 4.98 Å². The average molecular weight is 383 g/mol. The Labute approximate surface area is 161 Å². The Morgan fingerprint density at radius 3 is 2.85 bits per heavy atom. The van der Waals surface area contributed by atoms with Crippen LogP contribution in [0.5, 0.6) is 0 Å². The number of nitrogens with zero attached hydrogens (tertiary/aromatic N) is 2. The average Bonchev–Trinajstić information content (AvgIpc) is 3.07. The fourth-order valence-corrected chi connectivity index (χ4v) is 4.10. The third-order valence-corrected chi connectivity index (χ3v) is 5.46. The van der Waals surface area contributed by atoms with Gasteiger partial charge in [0.1, 0.15) is 0 Å². The zero-order valence-electron chi connectivity index (χ0n) is 16.3. The van der Waals surface area contributed by atoms with E-state index in [1.165, 1.54) is 41.3 Å². The van der Waals surface area contributed by atoms with Crippen molar-refractivity contribution in [2.24, 2.45) is 4.99 Å². The van der Waals surface area contributed by atoms with Crippen LogP contribution in [-0.2, 0) is 28.7 Å². The predicted octanol–water partition coefficient (Wildman–Crippen LogP) is 2.56. The fraction of sp³-hybridized carbons (Fsp3) is 0.789. The summed E-state index contributed by atoms with van der Waals surface area (Å²) >= 11 is 1.92. The Kier molecular flexibility index (Phi) is 10.6. The molecule has 7 heteroatoms. The van der Waals surface area contributed by atoms with Crippen LogP contribution >= 0.6 is 11.3 Å². The van der Waals surface area contributed by atoms with Gasteiger partial charge in [0.25, 0.3) is 0 Å². The zero-order chi connectivity index (χ0) is 18.5. The number of thiazole rings is 1. The predicted molar refractivity (Wildman–Crippen MR) is 108 cm³/mol. The van der Waals surface area contributed by atoms with E-state index in [1.54, 1.807) is 7.11 Å². The molecular formula is C19H34N4O2S. The molecule has 0 bridgehead atoms. The van der Waals surface area contributed by atoms with Crippen LogP contribution in [0, 0.1) is 0 Å². The maximum absolute atomic E-state index is 5.47. The lowest BCUT2D eigenvalue weighted by atomic mass is 10.0. The van der Waals surface area contributed by atoms with Gasteiger partial charge in [-0.3, -0.25) is 4.99 Å². The molecule has 0 aromatic carbocycles. The molecule has 0 unspecified atom stereocenters. The summed E-state index contributed by atoms with van der Waals surface area (Å²) in [6, 6.07) is 0. The van der Waals surface area contributed by atoms with Gasteiger partial charge in [-0.05, 0) is 45.4 Å². The van der Waals surface area contributed by atoms with Crippen molar-refractivity contribution in [1.82, 2.24) is 15.6 Å². The van der Waals surface area contributed by atoms with E-state index in [1.807, 2.05) is 11.3 Å². The molecule has 0 amide bonds. The topological polar surface area (TPSA) is 67.8 Å². The van der Waals surface area contributed by atoms with Gasteiger partial charge >= 0.3 is 0 Å². The van der Waals surface area contributed by atoms with E-state index in [4.69, 9.17) is 14.5 Å². The maximum Gasteiger partial charge on any atom is 0.191 e. The van der Waals surface area contributed by atoms with Gasteiger partial charge in [0, 0.05) is 44.6 Å². The molecule has 6 nitrogen and oxygen atoms in total. The van der Waals surface area contributed by atoms with Crippen molar-refractivity contribution in [3.05, 3.63) is 15.6 Å². The first-order valence-corrected chi connectivity index (χ1v) is 10.7. The van der Waals surface area contributed by atoms with Crippen LogP contribution in [0.2, 0.25) is 0 Å². The molecular weight excluding hydrogens is 348 g/mol. The largest absolute Gasteiger partial charge is 0.382 e. The highest BCUT2D eigenvalue weighted by atomic mass is 32.1. The first-order valence-electron chi connectivity index (χ1n) is 9.89. The molecule has 0 fully saturated rings. The SMILES string of the molecule is CCNC(=NCCCc1nc2c(s1)CCCC2)NCCCOCCOC. The smallest absolute Gasteiger partial charge is 0.191 e. The van der Waals surface area contributed by atoms with E-state index in [9.17, 15) is 0 Å². The fourth-order valence-electron chi connectivity index (χ4n) is 2.90. The number of aromatic nitrogens is 1. The van der Waals surface area contributed by atoms with Gasteiger partial charge in [-0.15, -0.1) is 11.3 Å². The van der Waals surface area contributed by atoms with Crippen molar-refractivity contribution in [3.8, 4) is 0 Å². The van der Waals surface area contributed by atoms with Gasteiger partial charge in [-0.2, -0.15) is 0 Å². The van der Waals surface area contributed by atoms with Crippen molar-refractivity contribution >= 4 is 17.3 Å². The van der Waals surface area contributed by atoms with E-state index in [0.717, 1.165) is 51.5 Å². The molecule has 1 aliphatic rings. The number of aliphatic imine (C=N–C) groups is 1. The molecule has 0 atom stereocenters. The lowest BCUT2D eigenvalue weighted by Gasteiger charge is -2.11. The summed E-state index contributed by atoms with van der Waals surface area (Å²) in [5, 5.41) is 7.95. The van der Waals surface area contributed by atoms with E-state index in [2.05, 4.69) is 22.5 Å². The lowest BCUT2D eigenvalue weighted by Crippen LogP contribution is -2.38. The molecule has 2 N–H and O–H groups in total. The molecule has 1 heterocycles. The monoisotopic (exact) mass is 382 g/mol. The third-order valence-electron chi connectivity index (χ3n) is 4.24. The second kappa shape index (κ2) is 13.1. The van der Waals surface area contributed by atoms with Gasteiger partial charge in [0.05, 0.1) is 23.9 Å². The number of rotatable bonds is 12. The number of methoxy groups -OCH3 is 1. The van der Waals surface area contributed by atoms with Crippen molar-refractivity contribution in [2.45, 2.75) is 51.9 Å². The van der Waals surface area contributed by atoms with Crippen molar-refractivity contribution in [3.63, 3.8) is 0 Å². The van der Waals surface area contributed by atoms with Gasteiger partial charge in [0.2, 0.25) is 0 Å². The van der Waals surface area contributed by atoms with Crippen LogP contribution in [0.4, 0.5) is 0 Å². The standard InChI is InChI=1S/C19H34N4O2S/c1-3-20-19(22-12-7-13-25-15-14-24-2)21-11-6-10-18-23-16-8-4-5-9-17(16)26-18/h3-15H2,1-2H3,(H2,20,21,22). The van der Waals surface area contributed by atoms with Gasteiger partial charge < -0.3 is 20.1 Å². The summed E-state index contributed by atoms with van der Waals surface area (Å²) in [4.78, 5) is 11.0. The van der Waals surface area contributed by atoms with Gasteiger partial charge in [-0.1, -0.05) is 0 Å². The summed E-state index contributed by atoms with van der Waals surface area (Å²) in [5.41, 5.74) is 1.36. The second-order valence-corrected chi connectivity index (χ2v) is 7.60. The number of hydrogen-bond acceptors (Lipinski definition) is 5. The van der Waals surface area contributed by atoms with Gasteiger partial charge in [0.15, 0.2) is 5.96 Å². The van der Waals surface area contributed by atoms with Crippen molar-refractivity contribution in [1.29, 1.82) is 0 Å². The minimum atomic E-state index is 0.652. The van der Waals surface area contributed by atoms with E-state index >= 15 is 0 Å². The van der Waals surface area contributed by atoms with E-state index in [0.29, 0.717) is 13.2 Å². The molecule has 0 aliphatic heterocycles. The van der Waals surface area contributed by atoms with Crippen LogP contribution in [-0.4, -0.2) is 57.5 Å². The first kappa shape index (κ1) is 21.1. The maximum atomic E-state index is 5.47. The number of aryl methyl sites for hydroxylation is 3. The molecule has 0 saturated carbocycles. The minimum absolute atomic E-state index is 0.652. The number of fused-ring (bicyclic) bond motifs is 1. The minimum Gasteiger partial charge on any atom is -0.382 e. The van der Waals surface area contributed by atoms with Crippen molar-refractivity contribution < 1.29 is 9.47 Å². The summed E-state index contributed by atoms with van der Waals surface area (Å²) < 4.78 is 10.4. The van der Waals surface area contributed by atoms with E-state index in [-0.39, 0.29) is 0 Å². The molecule has 148 valence electrons. The molecule has 1 aromatic heterocycles. The Morgan fingerprint density at radius 2 is 2.04 bits per heavy atom. The molecule has 0 radical (unpaired) electrons. The summed E-state index contributed by atoms with van der Waals surface area (Å²) in [5.74, 6) is 0.892. The Balaban J connectivity index is 1.62. The summed E-state index contributed by atoms with van der Waals surface area (Å²) in [6.07, 6.45) is 8.07. The molecule has 0 saturated heterocycles. The summed E-state index contributed by atoms with van der Waals surface area (Å²) in [6.45, 7) is 6.69. The number of guanidine groups is 1. The number of nitrogens with one attached hydrogen (secondary N) is 2. The quantitative estimate of drug-likeness (QED) is 0.330. The summed E-state index contributed by atoms with van der Waals surface area (Å²) in [7, 11) is 1.69. The third kappa shape index (κ3) is 8.01. The molecule has 1 aliphatic carbocycles. The van der Waals surface area contributed by atoms with Crippen LogP contribution in [0.25, 0.3) is 0 Å². The molecule has 26 heavy (non-hydrogen) atoms. The van der Waals surface area contributed by atoms with Crippen molar-refractivity contribution in [2.75, 3.05) is 46.6 Å². The van der Waals surface area contributed by atoms with E-state index < -0.39 is 0 Å². The Bertz CT molecular complexity index is 510. The zero-order valence-corrected chi connectivity index (χ0v) is 17.1. The second-order valence-electron chi connectivity index (χ2n) is 6.43. The lowest BCUT2D eigenvalue weighted by molar-refractivity contribution is 0.0698. The Morgan fingerprint density at radius 1 is 1.15 bits per heavy atom. The van der Waals surface area contributed by atoms with Crippen LogP contribution in [0.15, 0.2) is 4.99 Å². The van der Waals surface area contributed by atoms with Crippen LogP contribution in [0.3, 0.4) is 0 Å². The highest BCUT2D eigenvalue weighted by Crippen LogP contribution is 2.27. The first-order chi connectivity index (χ1) is 12.8.